The number of hydrogen-bond acceptors (Lipinski definition) is 2. The van der Waals surface area contributed by atoms with Crippen molar-refractivity contribution in [2.45, 2.75) is 33.9 Å². The molecule has 0 fully saturated rings. The van der Waals surface area contributed by atoms with Crippen molar-refractivity contribution in [1.29, 1.82) is 0 Å². The third kappa shape index (κ3) is 6.42. The Bertz CT molecular complexity index is 387. The van der Waals surface area contributed by atoms with E-state index in [1.54, 1.807) is 0 Å². The van der Waals surface area contributed by atoms with Crippen molar-refractivity contribution in [2.24, 2.45) is 5.92 Å². The molecule has 0 aliphatic heterocycles. The summed E-state index contributed by atoms with van der Waals surface area (Å²) in [5.41, 5.74) is 2.66. The maximum Gasteiger partial charge on any atom is 0.0601 e. The smallest absolute Gasteiger partial charge is 0.0601 e. The van der Waals surface area contributed by atoms with E-state index in [1.165, 1.54) is 11.1 Å². The first-order valence-corrected chi connectivity index (χ1v) is 7.10. The molecule has 2 nitrogen and oxygen atoms in total. The van der Waals surface area contributed by atoms with Crippen LogP contribution >= 0.6 is 0 Å². The van der Waals surface area contributed by atoms with Crippen molar-refractivity contribution >= 4 is 0 Å². The molecule has 0 saturated carbocycles. The number of rotatable bonds is 8. The number of benzene rings is 1. The van der Waals surface area contributed by atoms with Gasteiger partial charge >= 0.3 is 0 Å². The molecule has 0 aliphatic carbocycles. The van der Waals surface area contributed by atoms with Crippen LogP contribution in [0.15, 0.2) is 24.3 Å². The molecule has 0 radical (unpaired) electrons. The van der Waals surface area contributed by atoms with Gasteiger partial charge in [-0.15, -0.1) is 6.42 Å². The van der Waals surface area contributed by atoms with Crippen molar-refractivity contribution in [1.82, 2.24) is 10.2 Å². The van der Waals surface area contributed by atoms with Crippen LogP contribution in [0.2, 0.25) is 0 Å². The fraction of sp³-hybridized carbons (Fsp3) is 0.529. The number of nitrogens with one attached hydrogen (secondary N) is 1. The van der Waals surface area contributed by atoms with Gasteiger partial charge in [-0.1, -0.05) is 51.0 Å². The monoisotopic (exact) mass is 258 g/mol. The molecular formula is C17H26N2. The number of hydrogen-bond donors (Lipinski definition) is 1. The van der Waals surface area contributed by atoms with Gasteiger partial charge in [0.05, 0.1) is 6.54 Å². The normalized spacial score (nSPS) is 10.9. The highest BCUT2D eigenvalue weighted by Gasteiger charge is 2.02. The SMILES string of the molecule is C#CCN(CC)Cc1ccc(CNCC(C)C)cc1. The van der Waals surface area contributed by atoms with E-state index in [1.807, 2.05) is 0 Å². The summed E-state index contributed by atoms with van der Waals surface area (Å²) in [6.07, 6.45) is 5.36. The molecule has 0 unspecified atom stereocenters. The largest absolute Gasteiger partial charge is 0.312 e. The van der Waals surface area contributed by atoms with Crippen LogP contribution < -0.4 is 5.32 Å². The second-order valence-corrected chi connectivity index (χ2v) is 5.35. The summed E-state index contributed by atoms with van der Waals surface area (Å²) in [4.78, 5) is 2.26. The van der Waals surface area contributed by atoms with Gasteiger partial charge in [0.2, 0.25) is 0 Å². The summed E-state index contributed by atoms with van der Waals surface area (Å²) in [7, 11) is 0. The second-order valence-electron chi connectivity index (χ2n) is 5.35. The van der Waals surface area contributed by atoms with Gasteiger partial charge in [0.15, 0.2) is 0 Å². The van der Waals surface area contributed by atoms with Gasteiger partial charge in [-0.3, -0.25) is 4.90 Å². The van der Waals surface area contributed by atoms with Crippen LogP contribution in [-0.2, 0) is 13.1 Å². The lowest BCUT2D eigenvalue weighted by Crippen LogP contribution is -2.23. The Morgan fingerprint density at radius 3 is 2.37 bits per heavy atom. The molecule has 0 bridgehead atoms. The molecule has 0 amide bonds. The average Bonchev–Trinajstić information content (AvgIpc) is 2.39. The molecule has 0 aromatic heterocycles. The quantitative estimate of drug-likeness (QED) is 0.721. The molecule has 1 aromatic rings. The molecule has 19 heavy (non-hydrogen) atoms. The number of terminal acetylenes is 1. The van der Waals surface area contributed by atoms with E-state index < -0.39 is 0 Å². The predicted molar refractivity (Wildman–Crippen MR) is 82.8 cm³/mol. The van der Waals surface area contributed by atoms with Crippen molar-refractivity contribution in [3.63, 3.8) is 0 Å². The van der Waals surface area contributed by atoms with E-state index in [0.29, 0.717) is 12.5 Å². The average molecular weight is 258 g/mol. The Kier molecular flexibility index (Phi) is 7.25. The van der Waals surface area contributed by atoms with Gasteiger partial charge < -0.3 is 5.32 Å². The first-order valence-electron chi connectivity index (χ1n) is 7.10. The Hall–Kier alpha value is -1.30. The fourth-order valence-corrected chi connectivity index (χ4v) is 1.93. The zero-order valence-electron chi connectivity index (χ0n) is 12.4. The van der Waals surface area contributed by atoms with Crippen LogP contribution in [-0.4, -0.2) is 24.5 Å². The fourth-order valence-electron chi connectivity index (χ4n) is 1.93. The topological polar surface area (TPSA) is 15.3 Å². The number of nitrogens with zero attached hydrogens (tertiary/aromatic N) is 1. The third-order valence-corrected chi connectivity index (χ3v) is 3.07. The zero-order valence-corrected chi connectivity index (χ0v) is 12.4. The summed E-state index contributed by atoms with van der Waals surface area (Å²) in [6, 6.07) is 8.80. The third-order valence-electron chi connectivity index (χ3n) is 3.07. The van der Waals surface area contributed by atoms with Gasteiger partial charge in [-0.2, -0.15) is 0 Å². The molecule has 0 atom stereocenters. The minimum absolute atomic E-state index is 0.696. The minimum Gasteiger partial charge on any atom is -0.312 e. The Morgan fingerprint density at radius 1 is 1.21 bits per heavy atom. The van der Waals surface area contributed by atoms with Crippen molar-refractivity contribution in [3.8, 4) is 12.3 Å². The highest BCUT2D eigenvalue weighted by molar-refractivity contribution is 5.22. The standard InChI is InChI=1S/C17H26N2/c1-5-11-19(6-2)14-17-9-7-16(8-10-17)13-18-12-15(3)4/h1,7-10,15,18H,6,11-14H2,2-4H3. The van der Waals surface area contributed by atoms with Crippen LogP contribution in [0.4, 0.5) is 0 Å². The lowest BCUT2D eigenvalue weighted by atomic mass is 10.1. The van der Waals surface area contributed by atoms with E-state index in [-0.39, 0.29) is 0 Å². The van der Waals surface area contributed by atoms with Crippen LogP contribution in [0.3, 0.4) is 0 Å². The lowest BCUT2D eigenvalue weighted by molar-refractivity contribution is 0.316. The molecule has 0 aliphatic rings. The summed E-state index contributed by atoms with van der Waals surface area (Å²) in [5.74, 6) is 3.40. The van der Waals surface area contributed by atoms with E-state index in [4.69, 9.17) is 6.42 Å². The van der Waals surface area contributed by atoms with Gasteiger partial charge in [0, 0.05) is 13.1 Å². The Labute approximate surface area is 118 Å². The van der Waals surface area contributed by atoms with Crippen LogP contribution in [0.1, 0.15) is 31.9 Å². The van der Waals surface area contributed by atoms with Crippen LogP contribution in [0, 0.1) is 18.3 Å². The van der Waals surface area contributed by atoms with Crippen molar-refractivity contribution < 1.29 is 0 Å². The van der Waals surface area contributed by atoms with Gasteiger partial charge in [-0.25, -0.2) is 0 Å². The molecule has 1 rings (SSSR count). The highest BCUT2D eigenvalue weighted by atomic mass is 15.1. The van der Waals surface area contributed by atoms with Gasteiger partial charge in [0.25, 0.3) is 0 Å². The highest BCUT2D eigenvalue weighted by Crippen LogP contribution is 2.07. The molecule has 1 N–H and O–H groups in total. The molecule has 0 spiro atoms. The summed E-state index contributed by atoms with van der Waals surface area (Å²) in [6.45, 7) is 11.2. The molecule has 104 valence electrons. The van der Waals surface area contributed by atoms with Gasteiger partial charge in [-0.05, 0) is 30.1 Å². The van der Waals surface area contributed by atoms with E-state index >= 15 is 0 Å². The van der Waals surface area contributed by atoms with E-state index in [9.17, 15) is 0 Å². The summed E-state index contributed by atoms with van der Waals surface area (Å²) < 4.78 is 0. The van der Waals surface area contributed by atoms with E-state index in [2.05, 4.69) is 61.2 Å². The predicted octanol–water partition coefficient (Wildman–Crippen LogP) is 2.89. The lowest BCUT2D eigenvalue weighted by Gasteiger charge is -2.17. The molecule has 0 heterocycles. The van der Waals surface area contributed by atoms with Crippen LogP contribution in [0.25, 0.3) is 0 Å². The summed E-state index contributed by atoms with van der Waals surface area (Å²) in [5, 5.41) is 3.46. The first-order chi connectivity index (χ1) is 9.15. The maximum atomic E-state index is 5.36. The Balaban J connectivity index is 2.45. The molecule has 1 aromatic carbocycles. The first kappa shape index (κ1) is 15.8. The summed E-state index contributed by atoms with van der Waals surface area (Å²) >= 11 is 0. The second kappa shape index (κ2) is 8.74. The maximum absolute atomic E-state index is 5.36. The minimum atomic E-state index is 0.696. The van der Waals surface area contributed by atoms with E-state index in [0.717, 1.165) is 26.2 Å². The molecule has 2 heteroatoms. The Morgan fingerprint density at radius 2 is 1.84 bits per heavy atom. The van der Waals surface area contributed by atoms with Crippen molar-refractivity contribution in [3.05, 3.63) is 35.4 Å². The molecule has 0 saturated heterocycles. The molecular weight excluding hydrogens is 232 g/mol. The van der Waals surface area contributed by atoms with Crippen LogP contribution in [0.5, 0.6) is 0 Å². The zero-order chi connectivity index (χ0) is 14.1. The van der Waals surface area contributed by atoms with Crippen molar-refractivity contribution in [2.75, 3.05) is 19.6 Å². The van der Waals surface area contributed by atoms with Gasteiger partial charge in [0.1, 0.15) is 0 Å².